The number of amides is 2. The Bertz CT molecular complexity index is 819. The highest BCUT2D eigenvalue weighted by atomic mass is 32.2. The van der Waals surface area contributed by atoms with Crippen LogP contribution in [0.1, 0.15) is 5.56 Å². The van der Waals surface area contributed by atoms with Crippen molar-refractivity contribution in [3.8, 4) is 0 Å². The molecule has 0 unspecified atom stereocenters. The highest BCUT2D eigenvalue weighted by Crippen LogP contribution is 2.12. The summed E-state index contributed by atoms with van der Waals surface area (Å²) in [5.41, 5.74) is 0.794. The molecule has 0 saturated heterocycles. The lowest BCUT2D eigenvalue weighted by Crippen LogP contribution is -2.30. The van der Waals surface area contributed by atoms with E-state index in [4.69, 9.17) is 5.14 Å². The van der Waals surface area contributed by atoms with Crippen molar-refractivity contribution >= 4 is 21.7 Å². The van der Waals surface area contributed by atoms with Gasteiger partial charge in [-0.3, -0.25) is 0 Å². The van der Waals surface area contributed by atoms with Crippen molar-refractivity contribution in [3.05, 3.63) is 59.7 Å². The number of nitrogens with one attached hydrogen (secondary N) is 2. The van der Waals surface area contributed by atoms with Gasteiger partial charge in [0.1, 0.15) is 11.6 Å². The van der Waals surface area contributed by atoms with Crippen LogP contribution >= 0.6 is 0 Å². The van der Waals surface area contributed by atoms with Gasteiger partial charge in [-0.15, -0.1) is 0 Å². The number of carbonyl (C=O) groups is 1. The predicted molar refractivity (Wildman–Crippen MR) is 84.9 cm³/mol. The van der Waals surface area contributed by atoms with E-state index in [9.17, 15) is 22.0 Å². The summed E-state index contributed by atoms with van der Waals surface area (Å²) in [5, 5.41) is 9.83. The zero-order valence-electron chi connectivity index (χ0n) is 12.4. The van der Waals surface area contributed by atoms with E-state index in [-0.39, 0.29) is 17.1 Å². The lowest BCUT2D eigenvalue weighted by molar-refractivity contribution is 0.252. The third-order valence-electron chi connectivity index (χ3n) is 3.07. The molecule has 2 aromatic carbocycles. The molecule has 0 radical (unpaired) electrons. The molecule has 2 rings (SSSR count). The van der Waals surface area contributed by atoms with Crippen LogP contribution in [0.4, 0.5) is 19.3 Å². The van der Waals surface area contributed by atoms with Gasteiger partial charge in [0.2, 0.25) is 10.0 Å². The summed E-state index contributed by atoms with van der Waals surface area (Å²) in [6.45, 7) is 0.248. The first kappa shape index (κ1) is 17.8. The van der Waals surface area contributed by atoms with Crippen molar-refractivity contribution in [1.82, 2.24) is 5.32 Å². The normalized spacial score (nSPS) is 11.1. The van der Waals surface area contributed by atoms with Gasteiger partial charge >= 0.3 is 6.03 Å². The zero-order valence-corrected chi connectivity index (χ0v) is 13.2. The van der Waals surface area contributed by atoms with Crippen LogP contribution in [0.25, 0.3) is 0 Å². The molecule has 0 aromatic heterocycles. The lowest BCUT2D eigenvalue weighted by atomic mass is 10.1. The second-order valence-electron chi connectivity index (χ2n) is 4.98. The molecule has 0 aliphatic heterocycles. The topological polar surface area (TPSA) is 101 Å². The SMILES string of the molecule is NS(=O)(=O)c1ccc(CCNC(=O)Nc2cc(F)cc(F)c2)cc1. The maximum absolute atomic E-state index is 13.0. The molecule has 6 nitrogen and oxygen atoms in total. The average Bonchev–Trinajstić information content (AvgIpc) is 2.45. The van der Waals surface area contributed by atoms with Crippen LogP contribution in [-0.4, -0.2) is 21.0 Å². The minimum Gasteiger partial charge on any atom is -0.338 e. The minimum atomic E-state index is -3.74. The summed E-state index contributed by atoms with van der Waals surface area (Å²) in [7, 11) is -3.74. The van der Waals surface area contributed by atoms with Crippen molar-refractivity contribution in [2.75, 3.05) is 11.9 Å². The number of primary sulfonamides is 1. The van der Waals surface area contributed by atoms with Gasteiger partial charge < -0.3 is 10.6 Å². The van der Waals surface area contributed by atoms with E-state index < -0.39 is 27.7 Å². The van der Waals surface area contributed by atoms with Gasteiger partial charge in [0.25, 0.3) is 0 Å². The minimum absolute atomic E-state index is 0.00232. The largest absolute Gasteiger partial charge is 0.338 e. The summed E-state index contributed by atoms with van der Waals surface area (Å²) in [6, 6.07) is 8.00. The Morgan fingerprint density at radius 3 is 2.17 bits per heavy atom. The van der Waals surface area contributed by atoms with E-state index >= 15 is 0 Å². The number of hydrogen-bond acceptors (Lipinski definition) is 3. The highest BCUT2D eigenvalue weighted by Gasteiger charge is 2.07. The number of rotatable bonds is 5. The molecule has 0 heterocycles. The number of anilines is 1. The molecule has 0 atom stereocenters. The first-order valence-corrected chi connectivity index (χ1v) is 8.41. The second-order valence-corrected chi connectivity index (χ2v) is 6.54. The van der Waals surface area contributed by atoms with E-state index in [2.05, 4.69) is 10.6 Å². The molecule has 9 heteroatoms. The third-order valence-corrected chi connectivity index (χ3v) is 4.00. The van der Waals surface area contributed by atoms with Gasteiger partial charge in [-0.25, -0.2) is 27.1 Å². The van der Waals surface area contributed by atoms with Crippen LogP contribution in [0, 0.1) is 11.6 Å². The van der Waals surface area contributed by atoms with E-state index in [1.807, 2.05) is 0 Å². The summed E-state index contributed by atoms with van der Waals surface area (Å²) >= 11 is 0. The van der Waals surface area contributed by atoms with Crippen molar-refractivity contribution in [2.45, 2.75) is 11.3 Å². The Hall–Kier alpha value is -2.52. The molecule has 2 aromatic rings. The quantitative estimate of drug-likeness (QED) is 0.764. The van der Waals surface area contributed by atoms with Crippen LogP contribution in [0.2, 0.25) is 0 Å². The van der Waals surface area contributed by atoms with Gasteiger partial charge in [0.15, 0.2) is 0 Å². The van der Waals surface area contributed by atoms with Gasteiger partial charge in [-0.2, -0.15) is 0 Å². The van der Waals surface area contributed by atoms with E-state index in [0.29, 0.717) is 12.5 Å². The van der Waals surface area contributed by atoms with Gasteiger partial charge in [0, 0.05) is 18.3 Å². The number of hydrogen-bond donors (Lipinski definition) is 3. The van der Waals surface area contributed by atoms with Gasteiger partial charge in [0.05, 0.1) is 4.90 Å². The smallest absolute Gasteiger partial charge is 0.319 e. The number of halogens is 2. The van der Waals surface area contributed by atoms with Gasteiger partial charge in [-0.05, 0) is 36.2 Å². The Labute approximate surface area is 137 Å². The highest BCUT2D eigenvalue weighted by molar-refractivity contribution is 7.89. The zero-order chi connectivity index (χ0) is 17.7. The molecular weight excluding hydrogens is 340 g/mol. The Morgan fingerprint density at radius 2 is 1.62 bits per heavy atom. The van der Waals surface area contributed by atoms with Crippen molar-refractivity contribution in [2.24, 2.45) is 5.14 Å². The maximum Gasteiger partial charge on any atom is 0.319 e. The molecular formula is C15H15F2N3O3S. The van der Waals surface area contributed by atoms with E-state index in [1.165, 1.54) is 12.1 Å². The van der Waals surface area contributed by atoms with Gasteiger partial charge in [-0.1, -0.05) is 12.1 Å². The molecule has 0 aliphatic carbocycles. The fraction of sp³-hybridized carbons (Fsp3) is 0.133. The summed E-state index contributed by atoms with van der Waals surface area (Å²) < 4.78 is 48.3. The third kappa shape index (κ3) is 5.28. The van der Waals surface area contributed by atoms with Crippen LogP contribution in [0.5, 0.6) is 0 Å². The fourth-order valence-electron chi connectivity index (χ4n) is 1.97. The number of carbonyl (C=O) groups excluding carboxylic acids is 1. The van der Waals surface area contributed by atoms with E-state index in [1.54, 1.807) is 12.1 Å². The summed E-state index contributed by atoms with van der Waals surface area (Å²) in [4.78, 5) is 11.7. The second kappa shape index (κ2) is 7.37. The van der Waals surface area contributed by atoms with Crippen molar-refractivity contribution < 1.29 is 22.0 Å². The molecule has 0 fully saturated rings. The molecule has 24 heavy (non-hydrogen) atoms. The van der Waals surface area contributed by atoms with Crippen LogP contribution in [0.15, 0.2) is 47.4 Å². The molecule has 0 aliphatic rings. The Kier molecular flexibility index (Phi) is 5.47. The molecule has 0 saturated carbocycles. The summed E-state index contributed by atoms with van der Waals surface area (Å²) in [5.74, 6) is -1.58. The Balaban J connectivity index is 1.84. The van der Waals surface area contributed by atoms with E-state index in [0.717, 1.165) is 17.7 Å². The lowest BCUT2D eigenvalue weighted by Gasteiger charge is -2.08. The maximum atomic E-state index is 13.0. The number of benzene rings is 2. The number of nitrogens with two attached hydrogens (primary N) is 1. The van der Waals surface area contributed by atoms with Crippen molar-refractivity contribution in [3.63, 3.8) is 0 Å². The number of sulfonamides is 1. The first-order chi connectivity index (χ1) is 11.2. The fourth-order valence-corrected chi connectivity index (χ4v) is 2.48. The van der Waals surface area contributed by atoms with Crippen LogP contribution in [0.3, 0.4) is 0 Å². The molecule has 2 amide bonds. The molecule has 128 valence electrons. The first-order valence-electron chi connectivity index (χ1n) is 6.87. The number of urea groups is 1. The molecule has 0 spiro atoms. The van der Waals surface area contributed by atoms with Crippen LogP contribution < -0.4 is 15.8 Å². The van der Waals surface area contributed by atoms with Crippen LogP contribution in [-0.2, 0) is 16.4 Å². The Morgan fingerprint density at radius 1 is 1.04 bits per heavy atom. The monoisotopic (exact) mass is 355 g/mol. The molecule has 4 N–H and O–H groups in total. The average molecular weight is 355 g/mol. The molecule has 0 bridgehead atoms. The predicted octanol–water partition coefficient (Wildman–Crippen LogP) is 1.98. The van der Waals surface area contributed by atoms with Crippen molar-refractivity contribution in [1.29, 1.82) is 0 Å². The standard InChI is InChI=1S/C15H15F2N3O3S/c16-11-7-12(17)9-13(8-11)20-15(21)19-6-5-10-1-3-14(4-2-10)24(18,22)23/h1-4,7-9H,5-6H2,(H2,18,22,23)(H2,19,20,21). The summed E-state index contributed by atoms with van der Waals surface area (Å²) in [6.07, 6.45) is 0.440.